The highest BCUT2D eigenvalue weighted by Crippen LogP contribution is 2.28. The third-order valence-corrected chi connectivity index (χ3v) is 7.38. The molecule has 4 heterocycles. The summed E-state index contributed by atoms with van der Waals surface area (Å²) >= 11 is 0. The van der Waals surface area contributed by atoms with E-state index in [1.807, 2.05) is 29.7 Å². The Balaban J connectivity index is 1.68. The molecule has 166 valence electrons. The molecule has 0 amide bonds. The van der Waals surface area contributed by atoms with Crippen molar-refractivity contribution in [1.29, 1.82) is 0 Å². The maximum Gasteiger partial charge on any atom is 0.226 e. The largest absolute Gasteiger partial charge is 0.360 e. The van der Waals surface area contributed by atoms with Crippen LogP contribution >= 0.6 is 0 Å². The maximum atomic E-state index is 12.2. The highest BCUT2D eigenvalue weighted by molar-refractivity contribution is 6.76. The maximum absolute atomic E-state index is 12.2. The molecular formula is C21H31N7O2Si. The van der Waals surface area contributed by atoms with Crippen molar-refractivity contribution in [1.82, 2.24) is 29.5 Å². The second kappa shape index (κ2) is 8.50. The number of fused-ring (bicyclic) bond motifs is 1. The molecule has 0 bridgehead atoms. The van der Waals surface area contributed by atoms with Crippen LogP contribution in [0.4, 0.5) is 5.95 Å². The van der Waals surface area contributed by atoms with Gasteiger partial charge >= 0.3 is 0 Å². The fourth-order valence-electron chi connectivity index (χ4n) is 3.73. The van der Waals surface area contributed by atoms with Crippen LogP contribution in [0.3, 0.4) is 0 Å². The number of carbonyl (C=O) groups excluding carboxylic acids is 1. The number of hydrogen-bond donors (Lipinski definition) is 0. The molecule has 1 aliphatic rings. The molecule has 1 atom stereocenters. The summed E-state index contributed by atoms with van der Waals surface area (Å²) in [6, 6.07) is 0.886. The van der Waals surface area contributed by atoms with Gasteiger partial charge in [0.2, 0.25) is 5.95 Å². The molecule has 9 nitrogen and oxygen atoms in total. The molecule has 0 N–H and O–H groups in total. The Labute approximate surface area is 183 Å². The summed E-state index contributed by atoms with van der Waals surface area (Å²) in [5.41, 5.74) is 3.20. The summed E-state index contributed by atoms with van der Waals surface area (Å²) in [5.74, 6) is 0.798. The van der Waals surface area contributed by atoms with Crippen molar-refractivity contribution in [2.24, 2.45) is 7.05 Å². The van der Waals surface area contributed by atoms with Gasteiger partial charge in [0, 0.05) is 46.5 Å². The number of carbonyl (C=O) groups is 1. The molecule has 1 fully saturated rings. The van der Waals surface area contributed by atoms with Crippen LogP contribution in [0.1, 0.15) is 19.8 Å². The molecule has 4 rings (SSSR count). The quantitative estimate of drug-likeness (QED) is 0.411. The molecule has 1 aliphatic heterocycles. The minimum atomic E-state index is -1.16. The van der Waals surface area contributed by atoms with E-state index in [9.17, 15) is 4.79 Å². The second-order valence-electron chi connectivity index (χ2n) is 9.44. The van der Waals surface area contributed by atoms with Crippen molar-refractivity contribution in [3.63, 3.8) is 0 Å². The molecule has 10 heteroatoms. The van der Waals surface area contributed by atoms with Gasteiger partial charge in [-0.25, -0.2) is 14.6 Å². The summed E-state index contributed by atoms with van der Waals surface area (Å²) in [6.45, 7) is 10.8. The number of ketones is 1. The summed E-state index contributed by atoms with van der Waals surface area (Å²) < 4.78 is 9.50. The number of piperidine rings is 1. The molecule has 0 radical (unpaired) electrons. The Bertz CT molecular complexity index is 1090. The van der Waals surface area contributed by atoms with E-state index in [0.717, 1.165) is 41.3 Å². The van der Waals surface area contributed by atoms with Gasteiger partial charge in [0.25, 0.3) is 0 Å². The van der Waals surface area contributed by atoms with Gasteiger partial charge in [-0.3, -0.25) is 9.48 Å². The smallest absolute Gasteiger partial charge is 0.226 e. The minimum absolute atomic E-state index is 0.215. The van der Waals surface area contributed by atoms with E-state index in [1.54, 1.807) is 17.1 Å². The first-order chi connectivity index (χ1) is 14.7. The zero-order chi connectivity index (χ0) is 22.2. The van der Waals surface area contributed by atoms with E-state index in [-0.39, 0.29) is 11.8 Å². The molecule has 1 saturated heterocycles. The van der Waals surface area contributed by atoms with E-state index in [1.165, 1.54) is 0 Å². The average Bonchev–Trinajstić information content (AvgIpc) is 3.30. The highest BCUT2D eigenvalue weighted by Gasteiger charge is 2.28. The lowest BCUT2D eigenvalue weighted by molar-refractivity contribution is -0.120. The molecule has 31 heavy (non-hydrogen) atoms. The standard InChI is InChI=1S/C21H31N7O2Si/c1-15-18(29)7-6-8-27(15)21-22-12-17-20(24-21)19(16-11-23-26(2)13-16)25-28(17)14-30-9-10-31(3,4)5/h11-13,15H,6-10,14H2,1-5H3. The van der Waals surface area contributed by atoms with E-state index in [2.05, 4.69) is 29.7 Å². The van der Waals surface area contributed by atoms with Crippen LogP contribution in [0.2, 0.25) is 25.7 Å². The fraction of sp³-hybridized carbons (Fsp3) is 0.571. The van der Waals surface area contributed by atoms with Crippen LogP contribution in [-0.2, 0) is 23.3 Å². The predicted octanol–water partition coefficient (Wildman–Crippen LogP) is 3.10. The van der Waals surface area contributed by atoms with Crippen LogP contribution in [0, 0.1) is 0 Å². The van der Waals surface area contributed by atoms with E-state index in [4.69, 9.17) is 14.8 Å². The zero-order valence-corrected chi connectivity index (χ0v) is 20.0. The topological polar surface area (TPSA) is 91.0 Å². The lowest BCUT2D eigenvalue weighted by Crippen LogP contribution is -2.44. The molecule has 3 aromatic rings. The summed E-state index contributed by atoms with van der Waals surface area (Å²) in [6.07, 6.45) is 6.94. The van der Waals surface area contributed by atoms with Crippen molar-refractivity contribution in [2.45, 2.75) is 58.2 Å². The van der Waals surface area contributed by atoms with Gasteiger partial charge in [-0.05, 0) is 19.4 Å². The third kappa shape index (κ3) is 4.69. The van der Waals surface area contributed by atoms with Gasteiger partial charge in [-0.1, -0.05) is 19.6 Å². The van der Waals surface area contributed by atoms with Crippen molar-refractivity contribution in [3.05, 3.63) is 18.6 Å². The Morgan fingerprint density at radius 2 is 2.06 bits per heavy atom. The molecule has 1 unspecified atom stereocenters. The monoisotopic (exact) mass is 441 g/mol. The van der Waals surface area contributed by atoms with Gasteiger partial charge in [0.15, 0.2) is 5.78 Å². The minimum Gasteiger partial charge on any atom is -0.360 e. The van der Waals surface area contributed by atoms with Crippen LogP contribution in [0.15, 0.2) is 18.6 Å². The van der Waals surface area contributed by atoms with Gasteiger partial charge in [0.1, 0.15) is 23.5 Å². The van der Waals surface area contributed by atoms with E-state index >= 15 is 0 Å². The lowest BCUT2D eigenvalue weighted by atomic mass is 10.0. The number of aryl methyl sites for hydroxylation is 1. The summed E-state index contributed by atoms with van der Waals surface area (Å²) in [7, 11) is 0.722. The van der Waals surface area contributed by atoms with Crippen molar-refractivity contribution >= 4 is 30.8 Å². The SMILES string of the molecule is CC1C(=O)CCCN1c1ncc2c(n1)c(-c1cnn(C)c1)nn2COCC[Si](C)(C)C. The van der Waals surface area contributed by atoms with Crippen molar-refractivity contribution in [3.8, 4) is 11.3 Å². The first kappa shape index (κ1) is 21.6. The molecular weight excluding hydrogens is 410 g/mol. The normalized spacial score (nSPS) is 17.6. The van der Waals surface area contributed by atoms with Crippen LogP contribution in [0.5, 0.6) is 0 Å². The zero-order valence-electron chi connectivity index (χ0n) is 19.0. The molecule has 0 aliphatic carbocycles. The number of rotatable bonds is 7. The first-order valence-corrected chi connectivity index (χ1v) is 14.5. The Morgan fingerprint density at radius 1 is 1.26 bits per heavy atom. The van der Waals surface area contributed by atoms with Gasteiger partial charge in [-0.15, -0.1) is 0 Å². The van der Waals surface area contributed by atoms with Crippen molar-refractivity contribution in [2.75, 3.05) is 18.1 Å². The number of Topliss-reactive ketones (excluding diaryl/α,β-unsaturated/α-hetero) is 1. The van der Waals surface area contributed by atoms with Crippen LogP contribution in [-0.4, -0.2) is 62.6 Å². The number of anilines is 1. The van der Waals surface area contributed by atoms with Gasteiger partial charge < -0.3 is 9.64 Å². The first-order valence-electron chi connectivity index (χ1n) is 10.8. The number of ether oxygens (including phenoxy) is 1. The average molecular weight is 442 g/mol. The third-order valence-electron chi connectivity index (χ3n) is 5.68. The predicted molar refractivity (Wildman–Crippen MR) is 123 cm³/mol. The molecule has 0 aromatic carbocycles. The van der Waals surface area contributed by atoms with Gasteiger partial charge in [0.05, 0.1) is 18.4 Å². The summed E-state index contributed by atoms with van der Waals surface area (Å²) in [4.78, 5) is 23.6. The molecule has 3 aromatic heterocycles. The second-order valence-corrected chi connectivity index (χ2v) is 15.1. The Morgan fingerprint density at radius 3 is 2.77 bits per heavy atom. The number of nitrogens with zero attached hydrogens (tertiary/aromatic N) is 7. The number of aromatic nitrogens is 6. The van der Waals surface area contributed by atoms with Crippen molar-refractivity contribution < 1.29 is 9.53 Å². The lowest BCUT2D eigenvalue weighted by Gasteiger charge is -2.32. The van der Waals surface area contributed by atoms with E-state index in [0.29, 0.717) is 25.7 Å². The molecule has 0 saturated carbocycles. The molecule has 0 spiro atoms. The number of hydrogen-bond acceptors (Lipinski definition) is 7. The fourth-order valence-corrected chi connectivity index (χ4v) is 4.49. The highest BCUT2D eigenvalue weighted by atomic mass is 28.3. The Kier molecular flexibility index (Phi) is 5.93. The van der Waals surface area contributed by atoms with Crippen LogP contribution in [0.25, 0.3) is 22.3 Å². The van der Waals surface area contributed by atoms with E-state index < -0.39 is 8.07 Å². The van der Waals surface area contributed by atoms with Crippen LogP contribution < -0.4 is 4.90 Å². The summed E-state index contributed by atoms with van der Waals surface area (Å²) in [5, 5.41) is 9.08. The Hall–Kier alpha value is -2.59. The van der Waals surface area contributed by atoms with Gasteiger partial charge in [-0.2, -0.15) is 10.2 Å².